The van der Waals surface area contributed by atoms with Gasteiger partial charge in [0, 0.05) is 4.47 Å². The van der Waals surface area contributed by atoms with Crippen LogP contribution in [0.4, 0.5) is 0 Å². The molecule has 0 N–H and O–H groups in total. The molecule has 2 spiro atoms. The van der Waals surface area contributed by atoms with Crippen molar-refractivity contribution in [1.82, 2.24) is 0 Å². The lowest BCUT2D eigenvalue weighted by atomic mass is 9.52. The van der Waals surface area contributed by atoms with Gasteiger partial charge in [0.25, 0.3) is 0 Å². The van der Waals surface area contributed by atoms with Crippen LogP contribution in [0.2, 0.25) is 0 Å². The highest BCUT2D eigenvalue weighted by molar-refractivity contribution is 9.10. The van der Waals surface area contributed by atoms with Crippen LogP contribution in [0.25, 0.3) is 44.5 Å². The lowest BCUT2D eigenvalue weighted by Gasteiger charge is -2.49. The monoisotopic (exact) mass is 710 g/mol. The van der Waals surface area contributed by atoms with Crippen LogP contribution in [0.3, 0.4) is 0 Å². The van der Waals surface area contributed by atoms with Gasteiger partial charge >= 0.3 is 0 Å². The topological polar surface area (TPSA) is 0 Å². The molecule has 1 unspecified atom stereocenters. The molecule has 3 aliphatic rings. The molecule has 0 bridgehead atoms. The predicted molar refractivity (Wildman–Crippen MR) is 213 cm³/mol. The number of rotatable bonds is 2. The normalized spacial score (nSPS) is 16.6. The van der Waals surface area contributed by atoms with Crippen LogP contribution in [0.1, 0.15) is 44.5 Å². The van der Waals surface area contributed by atoms with Crippen LogP contribution in [-0.2, 0) is 10.8 Å². The molecule has 0 saturated heterocycles. The summed E-state index contributed by atoms with van der Waals surface area (Å²) in [5.41, 5.74) is 19.7. The van der Waals surface area contributed by atoms with Crippen molar-refractivity contribution in [2.24, 2.45) is 0 Å². The van der Waals surface area contributed by atoms with Gasteiger partial charge < -0.3 is 0 Å². The van der Waals surface area contributed by atoms with Crippen molar-refractivity contribution in [3.05, 3.63) is 237 Å². The standard InChI is InChI=1S/C50H31Br/c51-47-25-13-21-39-38-20-9-12-24-42(38)50(48(39)47)44-29-27-34(32-14-3-1-4-15-32)30-45(44)49(40-22-10-7-18-36(40)37-19-8-11-23-41(37)49)43-28-26-35(31-46(43)50)33-16-5-2-6-17-33/h1-31H. The summed E-state index contributed by atoms with van der Waals surface area (Å²) in [4.78, 5) is 0. The van der Waals surface area contributed by atoms with Crippen molar-refractivity contribution in [2.75, 3.05) is 0 Å². The molecule has 0 aromatic heterocycles. The fraction of sp³-hybridized carbons (Fsp3) is 0.0400. The second-order valence-corrected chi connectivity index (χ2v) is 14.9. The van der Waals surface area contributed by atoms with Gasteiger partial charge in [0.2, 0.25) is 0 Å². The van der Waals surface area contributed by atoms with Gasteiger partial charge in [-0.25, -0.2) is 0 Å². The molecule has 1 heteroatoms. The largest absolute Gasteiger partial charge is 0.0731 e. The third kappa shape index (κ3) is 3.64. The average Bonchev–Trinajstić information content (AvgIpc) is 3.67. The fourth-order valence-electron chi connectivity index (χ4n) is 9.96. The van der Waals surface area contributed by atoms with E-state index in [1.54, 1.807) is 0 Å². The first-order valence-corrected chi connectivity index (χ1v) is 18.5. The molecule has 0 aliphatic heterocycles. The number of fused-ring (bicyclic) bond motifs is 16. The van der Waals surface area contributed by atoms with E-state index in [4.69, 9.17) is 0 Å². The highest BCUT2D eigenvalue weighted by Gasteiger charge is 2.59. The SMILES string of the molecule is Brc1cccc2c1C1(c3ccccc3-2)c2ccc(-c3ccccc3)cc2C2(c3ccccc3-c3ccccc32)c2ccc(-c3ccccc3)cc21. The number of halogens is 1. The van der Waals surface area contributed by atoms with E-state index in [0.717, 1.165) is 4.47 Å². The number of hydrogen-bond donors (Lipinski definition) is 0. The fourth-order valence-corrected chi connectivity index (χ4v) is 10.6. The Balaban J connectivity index is 1.38. The van der Waals surface area contributed by atoms with E-state index in [1.165, 1.54) is 89.0 Å². The van der Waals surface area contributed by atoms with Crippen molar-refractivity contribution in [3.8, 4) is 44.5 Å². The van der Waals surface area contributed by atoms with E-state index < -0.39 is 10.8 Å². The van der Waals surface area contributed by atoms with Gasteiger partial charge in [-0.1, -0.05) is 186 Å². The lowest BCUT2D eigenvalue weighted by Crippen LogP contribution is -2.44. The third-order valence-corrected chi connectivity index (χ3v) is 12.5. The second kappa shape index (κ2) is 10.6. The lowest BCUT2D eigenvalue weighted by molar-refractivity contribution is 0.632. The first-order valence-electron chi connectivity index (χ1n) is 17.7. The van der Waals surface area contributed by atoms with Crippen molar-refractivity contribution < 1.29 is 0 Å². The Labute approximate surface area is 306 Å². The average molecular weight is 712 g/mol. The van der Waals surface area contributed by atoms with Crippen LogP contribution in [0.15, 0.2) is 193 Å². The Hall–Kier alpha value is -5.76. The molecule has 11 rings (SSSR count). The van der Waals surface area contributed by atoms with Crippen LogP contribution < -0.4 is 0 Å². The summed E-state index contributed by atoms with van der Waals surface area (Å²) in [6.45, 7) is 0. The van der Waals surface area contributed by atoms with E-state index in [1.807, 2.05) is 0 Å². The van der Waals surface area contributed by atoms with Crippen LogP contribution in [0, 0.1) is 0 Å². The van der Waals surface area contributed by atoms with E-state index in [2.05, 4.69) is 204 Å². The van der Waals surface area contributed by atoms with E-state index >= 15 is 0 Å². The van der Waals surface area contributed by atoms with E-state index in [-0.39, 0.29) is 0 Å². The van der Waals surface area contributed by atoms with Crippen molar-refractivity contribution in [2.45, 2.75) is 10.8 Å². The predicted octanol–water partition coefficient (Wildman–Crippen LogP) is 12.8. The zero-order valence-electron chi connectivity index (χ0n) is 27.8. The third-order valence-electron chi connectivity index (χ3n) is 11.8. The van der Waals surface area contributed by atoms with E-state index in [9.17, 15) is 0 Å². The molecule has 238 valence electrons. The highest BCUT2D eigenvalue weighted by Crippen LogP contribution is 2.68. The second-order valence-electron chi connectivity index (χ2n) is 14.1. The molecule has 8 aromatic carbocycles. The number of benzene rings is 8. The van der Waals surface area contributed by atoms with Gasteiger partial charge in [-0.15, -0.1) is 0 Å². The molecule has 51 heavy (non-hydrogen) atoms. The van der Waals surface area contributed by atoms with Gasteiger partial charge in [0.15, 0.2) is 0 Å². The molecule has 0 amide bonds. The minimum absolute atomic E-state index is 0.526. The molecule has 0 fully saturated rings. The summed E-state index contributed by atoms with van der Waals surface area (Å²) in [7, 11) is 0. The Morgan fingerprint density at radius 2 is 0.686 bits per heavy atom. The van der Waals surface area contributed by atoms with Crippen molar-refractivity contribution >= 4 is 15.9 Å². The maximum Gasteiger partial charge on any atom is 0.0731 e. The van der Waals surface area contributed by atoms with Gasteiger partial charge in [-0.2, -0.15) is 0 Å². The summed E-state index contributed by atoms with van der Waals surface area (Å²) in [5.74, 6) is 0. The summed E-state index contributed by atoms with van der Waals surface area (Å²) in [6.07, 6.45) is 0. The first kappa shape index (κ1) is 29.0. The van der Waals surface area contributed by atoms with Gasteiger partial charge in [0.1, 0.15) is 0 Å². The molecular weight excluding hydrogens is 680 g/mol. The molecule has 0 radical (unpaired) electrons. The molecule has 0 nitrogen and oxygen atoms in total. The van der Waals surface area contributed by atoms with E-state index in [0.29, 0.717) is 0 Å². The quantitative estimate of drug-likeness (QED) is 0.167. The minimum Gasteiger partial charge on any atom is -0.0622 e. The smallest absolute Gasteiger partial charge is 0.0622 e. The summed E-state index contributed by atoms with van der Waals surface area (Å²) in [5, 5.41) is 0. The van der Waals surface area contributed by atoms with Gasteiger partial charge in [-0.05, 0) is 107 Å². The van der Waals surface area contributed by atoms with Crippen LogP contribution >= 0.6 is 15.9 Å². The first-order chi connectivity index (χ1) is 25.2. The maximum atomic E-state index is 4.16. The molecule has 0 heterocycles. The summed E-state index contributed by atoms with van der Waals surface area (Å²) >= 11 is 4.16. The molecule has 1 atom stereocenters. The molecule has 0 saturated carbocycles. The molecule has 8 aromatic rings. The van der Waals surface area contributed by atoms with Crippen LogP contribution in [0.5, 0.6) is 0 Å². The zero-order chi connectivity index (χ0) is 33.7. The number of hydrogen-bond acceptors (Lipinski definition) is 0. The Morgan fingerprint density at radius 3 is 1.24 bits per heavy atom. The summed E-state index contributed by atoms with van der Waals surface area (Å²) < 4.78 is 1.13. The van der Waals surface area contributed by atoms with Gasteiger partial charge in [0.05, 0.1) is 10.8 Å². The highest BCUT2D eigenvalue weighted by atomic mass is 79.9. The molecular formula is C50H31Br. The Kier molecular flexibility index (Phi) is 6.04. The Morgan fingerprint density at radius 1 is 0.275 bits per heavy atom. The maximum absolute atomic E-state index is 4.16. The van der Waals surface area contributed by atoms with Gasteiger partial charge in [-0.3, -0.25) is 0 Å². The summed E-state index contributed by atoms with van der Waals surface area (Å²) in [6, 6.07) is 70.5. The van der Waals surface area contributed by atoms with Crippen molar-refractivity contribution in [1.29, 1.82) is 0 Å². The van der Waals surface area contributed by atoms with Crippen molar-refractivity contribution in [3.63, 3.8) is 0 Å². The molecule has 3 aliphatic carbocycles. The minimum atomic E-state index is -0.561. The zero-order valence-corrected chi connectivity index (χ0v) is 29.4. The Bertz CT molecular complexity index is 2660. The van der Waals surface area contributed by atoms with Crippen LogP contribution in [-0.4, -0.2) is 0 Å².